The first kappa shape index (κ1) is 9.97. The Morgan fingerprint density at radius 3 is 2.21 bits per heavy atom. The summed E-state index contributed by atoms with van der Waals surface area (Å²) < 4.78 is 0. The van der Waals surface area contributed by atoms with Gasteiger partial charge in [-0.25, -0.2) is 5.84 Å². The highest BCUT2D eigenvalue weighted by Crippen LogP contribution is 2.50. The lowest BCUT2D eigenvalue weighted by Crippen LogP contribution is -2.39. The largest absolute Gasteiger partial charge is 0.294 e. The molecule has 0 bridgehead atoms. The molecule has 0 saturated heterocycles. The van der Waals surface area contributed by atoms with E-state index >= 15 is 0 Å². The van der Waals surface area contributed by atoms with Gasteiger partial charge in [0.2, 0.25) is 5.91 Å². The Morgan fingerprint density at radius 1 is 1.14 bits per heavy atom. The molecule has 2 aliphatic rings. The molecule has 3 heteroatoms. The summed E-state index contributed by atoms with van der Waals surface area (Å²) in [5.41, 5.74) is 2.89. The molecule has 2 fully saturated rings. The van der Waals surface area contributed by atoms with Crippen LogP contribution in [0.5, 0.6) is 0 Å². The molecule has 1 amide bonds. The molecule has 0 atom stereocenters. The third kappa shape index (κ3) is 1.78. The minimum Gasteiger partial charge on any atom is -0.294 e. The Kier molecular flexibility index (Phi) is 2.77. The highest BCUT2D eigenvalue weighted by atomic mass is 16.2. The zero-order valence-corrected chi connectivity index (χ0v) is 8.72. The van der Waals surface area contributed by atoms with Gasteiger partial charge in [-0.1, -0.05) is 12.8 Å². The van der Waals surface area contributed by atoms with Crippen LogP contribution in [0.1, 0.15) is 51.4 Å². The SMILES string of the molecule is NNC(=O)C1CCC2(CCCC2)CC1. The van der Waals surface area contributed by atoms with Crippen LogP contribution in [-0.2, 0) is 4.79 Å². The summed E-state index contributed by atoms with van der Waals surface area (Å²) in [5.74, 6) is 5.37. The molecule has 0 aromatic carbocycles. The van der Waals surface area contributed by atoms with Crippen molar-refractivity contribution in [2.24, 2.45) is 17.2 Å². The van der Waals surface area contributed by atoms with Gasteiger partial charge < -0.3 is 0 Å². The molecule has 80 valence electrons. The second-order valence-electron chi connectivity index (χ2n) is 4.99. The third-order valence-corrected chi connectivity index (χ3v) is 4.22. The summed E-state index contributed by atoms with van der Waals surface area (Å²) in [4.78, 5) is 11.3. The van der Waals surface area contributed by atoms with Gasteiger partial charge in [0.15, 0.2) is 0 Å². The summed E-state index contributed by atoms with van der Waals surface area (Å²) in [6.07, 6.45) is 10.2. The van der Waals surface area contributed by atoms with Crippen molar-refractivity contribution >= 4 is 5.91 Å². The number of hydrazine groups is 1. The highest BCUT2D eigenvalue weighted by molar-refractivity contribution is 5.78. The van der Waals surface area contributed by atoms with Gasteiger partial charge in [-0.2, -0.15) is 0 Å². The molecule has 1 spiro atoms. The topological polar surface area (TPSA) is 55.1 Å². The van der Waals surface area contributed by atoms with Gasteiger partial charge in [-0.15, -0.1) is 0 Å². The first-order chi connectivity index (χ1) is 6.76. The first-order valence-electron chi connectivity index (χ1n) is 5.76. The minimum absolute atomic E-state index is 0.0397. The average Bonchev–Trinajstić information content (AvgIpc) is 2.67. The Bertz CT molecular complexity index is 211. The van der Waals surface area contributed by atoms with Crippen molar-refractivity contribution < 1.29 is 4.79 Å². The Morgan fingerprint density at radius 2 is 1.71 bits per heavy atom. The lowest BCUT2D eigenvalue weighted by Gasteiger charge is -2.36. The molecule has 2 aliphatic carbocycles. The van der Waals surface area contributed by atoms with E-state index in [1.54, 1.807) is 0 Å². The van der Waals surface area contributed by atoms with E-state index < -0.39 is 0 Å². The lowest BCUT2D eigenvalue weighted by molar-refractivity contribution is -0.126. The van der Waals surface area contributed by atoms with Crippen LogP contribution in [0.3, 0.4) is 0 Å². The van der Waals surface area contributed by atoms with Gasteiger partial charge in [-0.05, 0) is 43.9 Å². The van der Waals surface area contributed by atoms with Crippen molar-refractivity contribution in [1.29, 1.82) is 0 Å². The van der Waals surface area contributed by atoms with E-state index in [1.807, 2.05) is 0 Å². The van der Waals surface area contributed by atoms with E-state index in [9.17, 15) is 4.79 Å². The Balaban J connectivity index is 1.88. The standard InChI is InChI=1S/C11H20N2O/c12-13-10(14)9-3-7-11(8-4-9)5-1-2-6-11/h9H,1-8,12H2,(H,13,14). The summed E-state index contributed by atoms with van der Waals surface area (Å²) in [5, 5.41) is 0. The van der Waals surface area contributed by atoms with Crippen molar-refractivity contribution in [1.82, 2.24) is 5.43 Å². The zero-order valence-electron chi connectivity index (χ0n) is 8.72. The number of amides is 1. The number of hydrogen-bond donors (Lipinski definition) is 2. The number of carbonyl (C=O) groups is 1. The van der Waals surface area contributed by atoms with Crippen LogP contribution in [0.15, 0.2) is 0 Å². The van der Waals surface area contributed by atoms with Crippen LogP contribution in [-0.4, -0.2) is 5.91 Å². The van der Waals surface area contributed by atoms with Crippen molar-refractivity contribution in [3.8, 4) is 0 Å². The van der Waals surface area contributed by atoms with E-state index in [-0.39, 0.29) is 11.8 Å². The van der Waals surface area contributed by atoms with Crippen LogP contribution in [0, 0.1) is 11.3 Å². The normalized spacial score (nSPS) is 26.6. The fraction of sp³-hybridized carbons (Fsp3) is 0.909. The molecule has 2 rings (SSSR count). The maximum absolute atomic E-state index is 11.3. The van der Waals surface area contributed by atoms with Gasteiger partial charge in [0.1, 0.15) is 0 Å². The van der Waals surface area contributed by atoms with Crippen molar-refractivity contribution in [2.45, 2.75) is 51.4 Å². The average molecular weight is 196 g/mol. The van der Waals surface area contributed by atoms with Crippen molar-refractivity contribution in [2.75, 3.05) is 0 Å². The summed E-state index contributed by atoms with van der Waals surface area (Å²) in [7, 11) is 0. The molecule has 3 nitrogen and oxygen atoms in total. The predicted octanol–water partition coefficient (Wildman–Crippen LogP) is 1.73. The van der Waals surface area contributed by atoms with Crippen molar-refractivity contribution in [3.63, 3.8) is 0 Å². The van der Waals surface area contributed by atoms with Gasteiger partial charge in [-0.3, -0.25) is 10.2 Å². The minimum atomic E-state index is 0.0397. The smallest absolute Gasteiger partial charge is 0.236 e. The quantitative estimate of drug-likeness (QED) is 0.381. The maximum atomic E-state index is 11.3. The molecular weight excluding hydrogens is 176 g/mol. The lowest BCUT2D eigenvalue weighted by atomic mass is 9.69. The third-order valence-electron chi connectivity index (χ3n) is 4.22. The predicted molar refractivity (Wildman–Crippen MR) is 55.2 cm³/mol. The number of nitrogens with one attached hydrogen (secondary N) is 1. The monoisotopic (exact) mass is 196 g/mol. The van der Waals surface area contributed by atoms with Crippen LogP contribution < -0.4 is 11.3 Å². The van der Waals surface area contributed by atoms with E-state index in [2.05, 4.69) is 5.43 Å². The summed E-state index contributed by atoms with van der Waals surface area (Å²) in [6.45, 7) is 0. The second kappa shape index (κ2) is 3.89. The Hall–Kier alpha value is -0.570. The van der Waals surface area contributed by atoms with E-state index in [0.29, 0.717) is 5.41 Å². The molecule has 0 aromatic rings. The highest BCUT2D eigenvalue weighted by Gasteiger charge is 2.38. The fourth-order valence-electron chi connectivity index (χ4n) is 3.24. The summed E-state index contributed by atoms with van der Waals surface area (Å²) in [6, 6.07) is 0. The molecule has 14 heavy (non-hydrogen) atoms. The Labute approximate surface area is 85.4 Å². The number of hydrogen-bond acceptors (Lipinski definition) is 2. The maximum Gasteiger partial charge on any atom is 0.236 e. The second-order valence-corrected chi connectivity index (χ2v) is 4.99. The van der Waals surface area contributed by atoms with Crippen LogP contribution in [0.4, 0.5) is 0 Å². The van der Waals surface area contributed by atoms with Crippen LogP contribution >= 0.6 is 0 Å². The number of carbonyl (C=O) groups excluding carboxylic acids is 1. The molecule has 0 aromatic heterocycles. The van der Waals surface area contributed by atoms with E-state index in [4.69, 9.17) is 5.84 Å². The number of rotatable bonds is 1. The van der Waals surface area contributed by atoms with Gasteiger partial charge in [0.25, 0.3) is 0 Å². The van der Waals surface area contributed by atoms with E-state index in [0.717, 1.165) is 12.8 Å². The molecule has 0 radical (unpaired) electrons. The zero-order chi connectivity index (χ0) is 10.0. The molecule has 0 heterocycles. The van der Waals surface area contributed by atoms with Gasteiger partial charge >= 0.3 is 0 Å². The molecular formula is C11H20N2O. The number of nitrogens with two attached hydrogens (primary N) is 1. The molecule has 0 aliphatic heterocycles. The van der Waals surface area contributed by atoms with Crippen LogP contribution in [0.25, 0.3) is 0 Å². The first-order valence-corrected chi connectivity index (χ1v) is 5.76. The molecule has 0 unspecified atom stereocenters. The van der Waals surface area contributed by atoms with Crippen molar-refractivity contribution in [3.05, 3.63) is 0 Å². The van der Waals surface area contributed by atoms with Gasteiger partial charge in [0.05, 0.1) is 0 Å². The van der Waals surface area contributed by atoms with Crippen LogP contribution in [0.2, 0.25) is 0 Å². The fourth-order valence-corrected chi connectivity index (χ4v) is 3.24. The summed E-state index contributed by atoms with van der Waals surface area (Å²) >= 11 is 0. The van der Waals surface area contributed by atoms with E-state index in [1.165, 1.54) is 38.5 Å². The molecule has 2 saturated carbocycles. The van der Waals surface area contributed by atoms with Gasteiger partial charge in [0, 0.05) is 5.92 Å². The molecule has 3 N–H and O–H groups in total.